The van der Waals surface area contributed by atoms with Gasteiger partial charge in [-0.1, -0.05) is 0 Å². The lowest BCUT2D eigenvalue weighted by Gasteiger charge is -2.08. The monoisotopic (exact) mass is 316 g/mol. The molecule has 8 nitrogen and oxygen atoms in total. The van der Waals surface area contributed by atoms with E-state index >= 15 is 0 Å². The van der Waals surface area contributed by atoms with Crippen LogP contribution in [0.4, 0.5) is 17.3 Å². The number of anilines is 3. The van der Waals surface area contributed by atoms with Gasteiger partial charge in [-0.2, -0.15) is 0 Å². The van der Waals surface area contributed by atoms with E-state index in [-0.39, 0.29) is 5.82 Å². The molecular formula is C13H16N8S. The van der Waals surface area contributed by atoms with E-state index in [2.05, 4.69) is 15.3 Å². The second-order valence-corrected chi connectivity index (χ2v) is 5.45. The first-order chi connectivity index (χ1) is 10.6. The summed E-state index contributed by atoms with van der Waals surface area (Å²) in [4.78, 5) is 10.0. The lowest BCUT2D eigenvalue weighted by Crippen LogP contribution is -2.07. The number of thiophene rings is 1. The molecule has 0 aliphatic heterocycles. The smallest absolute Gasteiger partial charge is 0.169 e. The number of nitrogen functional groups attached to an aromatic ring is 2. The van der Waals surface area contributed by atoms with Crippen molar-refractivity contribution in [3.63, 3.8) is 0 Å². The number of nitrogens with zero attached hydrogens (tertiary/aromatic N) is 2. The molecule has 2 rings (SSSR count). The third-order valence-corrected chi connectivity index (χ3v) is 3.93. The fourth-order valence-corrected chi connectivity index (χ4v) is 2.57. The lowest BCUT2D eigenvalue weighted by atomic mass is 10.2. The van der Waals surface area contributed by atoms with E-state index in [1.165, 1.54) is 29.9 Å². The van der Waals surface area contributed by atoms with Crippen LogP contribution in [0.3, 0.4) is 0 Å². The Kier molecular flexibility index (Phi) is 4.69. The highest BCUT2D eigenvalue weighted by atomic mass is 32.1. The minimum absolute atomic E-state index is 0.252. The Labute approximate surface area is 131 Å². The first kappa shape index (κ1) is 15.4. The highest BCUT2D eigenvalue weighted by Crippen LogP contribution is 2.24. The van der Waals surface area contributed by atoms with Crippen LogP contribution in [-0.4, -0.2) is 22.4 Å². The number of hydrogen-bond donors (Lipinski definition) is 6. The maximum absolute atomic E-state index is 7.28. The average molecular weight is 316 g/mol. The van der Waals surface area contributed by atoms with Crippen LogP contribution in [0.2, 0.25) is 0 Å². The van der Waals surface area contributed by atoms with Crippen molar-refractivity contribution >= 4 is 46.7 Å². The fraction of sp³-hybridized carbons (Fsp3) is 0.0769. The highest BCUT2D eigenvalue weighted by molar-refractivity contribution is 7.14. The van der Waals surface area contributed by atoms with Crippen molar-refractivity contribution in [3.05, 3.63) is 33.9 Å². The molecule has 0 saturated carbocycles. The van der Waals surface area contributed by atoms with Gasteiger partial charge in [-0.05, 0) is 6.07 Å². The van der Waals surface area contributed by atoms with Gasteiger partial charge in [0, 0.05) is 29.1 Å². The minimum Gasteiger partial charge on any atom is -0.404 e. The predicted molar refractivity (Wildman–Crippen MR) is 91.3 cm³/mol. The van der Waals surface area contributed by atoms with Gasteiger partial charge in [-0.25, -0.2) is 9.97 Å². The summed E-state index contributed by atoms with van der Waals surface area (Å²) in [5, 5.41) is 17.6. The van der Waals surface area contributed by atoms with Gasteiger partial charge in [0.2, 0.25) is 0 Å². The van der Waals surface area contributed by atoms with Crippen LogP contribution in [0.25, 0.3) is 5.57 Å². The van der Waals surface area contributed by atoms with Crippen LogP contribution in [-0.2, 0) is 6.54 Å². The third-order valence-electron chi connectivity index (χ3n) is 2.83. The number of nitrogens with one attached hydrogen (secondary N) is 3. The predicted octanol–water partition coefficient (Wildman–Crippen LogP) is 1.26. The quantitative estimate of drug-likeness (QED) is 0.439. The van der Waals surface area contributed by atoms with Crippen LogP contribution in [0.15, 0.2) is 18.5 Å². The molecule has 9 heteroatoms. The van der Waals surface area contributed by atoms with Crippen molar-refractivity contribution in [3.8, 4) is 0 Å². The van der Waals surface area contributed by atoms with Gasteiger partial charge in [-0.15, -0.1) is 11.3 Å². The molecule has 0 saturated heterocycles. The van der Waals surface area contributed by atoms with E-state index < -0.39 is 0 Å². The molecule has 0 aromatic carbocycles. The molecular weight excluding hydrogens is 300 g/mol. The Balaban J connectivity index is 2.19. The van der Waals surface area contributed by atoms with Crippen LogP contribution < -0.4 is 22.5 Å². The van der Waals surface area contributed by atoms with Crippen molar-refractivity contribution < 1.29 is 0 Å². The Morgan fingerprint density at radius 3 is 2.73 bits per heavy atom. The maximum Gasteiger partial charge on any atom is 0.169 e. The first-order valence-corrected chi connectivity index (χ1v) is 7.08. The summed E-state index contributed by atoms with van der Waals surface area (Å²) in [5.41, 5.74) is 18.5. The Hall–Kier alpha value is -2.94. The largest absolute Gasteiger partial charge is 0.404 e. The molecule has 0 atom stereocenters. The van der Waals surface area contributed by atoms with Crippen molar-refractivity contribution in [2.24, 2.45) is 5.73 Å². The Bertz CT molecular complexity index is 734. The summed E-state index contributed by atoms with van der Waals surface area (Å²) in [6.07, 6.45) is 5.06. The summed E-state index contributed by atoms with van der Waals surface area (Å²) in [5.74, 6) is 0.656. The molecule has 22 heavy (non-hydrogen) atoms. The number of hydrogen-bond acceptors (Lipinski definition) is 9. The molecule has 0 radical (unpaired) electrons. The molecule has 0 unspecified atom stereocenters. The molecule has 0 aliphatic rings. The van der Waals surface area contributed by atoms with Crippen LogP contribution >= 0.6 is 11.3 Å². The summed E-state index contributed by atoms with van der Waals surface area (Å²) in [7, 11) is 0. The van der Waals surface area contributed by atoms with E-state index in [0.29, 0.717) is 34.2 Å². The molecule has 2 aromatic rings. The Morgan fingerprint density at radius 1 is 1.36 bits per heavy atom. The normalized spacial score (nSPS) is 11.2. The van der Waals surface area contributed by atoms with E-state index in [9.17, 15) is 0 Å². The van der Waals surface area contributed by atoms with Crippen LogP contribution in [0.5, 0.6) is 0 Å². The summed E-state index contributed by atoms with van der Waals surface area (Å²) in [6, 6.07) is 1.80. The third kappa shape index (κ3) is 3.20. The zero-order valence-corrected chi connectivity index (χ0v) is 12.4. The molecule has 0 spiro atoms. The van der Waals surface area contributed by atoms with Gasteiger partial charge in [0.25, 0.3) is 0 Å². The Morgan fingerprint density at radius 2 is 2.14 bits per heavy atom. The second-order valence-electron chi connectivity index (χ2n) is 4.29. The molecule has 0 fully saturated rings. The highest BCUT2D eigenvalue weighted by Gasteiger charge is 2.09. The first-order valence-electron chi connectivity index (χ1n) is 6.26. The lowest BCUT2D eigenvalue weighted by molar-refractivity contribution is 1.10. The van der Waals surface area contributed by atoms with Crippen LogP contribution in [0, 0.1) is 10.8 Å². The second kappa shape index (κ2) is 6.68. The number of aromatic nitrogens is 2. The van der Waals surface area contributed by atoms with Gasteiger partial charge >= 0.3 is 0 Å². The topological polar surface area (TPSA) is 164 Å². The maximum atomic E-state index is 7.28. The van der Waals surface area contributed by atoms with Crippen molar-refractivity contribution in [2.45, 2.75) is 6.54 Å². The summed E-state index contributed by atoms with van der Waals surface area (Å²) >= 11 is 1.42. The molecule has 0 aliphatic carbocycles. The van der Waals surface area contributed by atoms with E-state index in [4.69, 9.17) is 28.0 Å². The van der Waals surface area contributed by atoms with Gasteiger partial charge < -0.3 is 33.3 Å². The molecule has 0 bridgehead atoms. The number of rotatable bonds is 6. The molecule has 114 valence electrons. The van der Waals surface area contributed by atoms with E-state index in [1.54, 1.807) is 6.07 Å². The van der Waals surface area contributed by atoms with Crippen molar-refractivity contribution in [1.82, 2.24) is 9.97 Å². The minimum atomic E-state index is 0.252. The summed E-state index contributed by atoms with van der Waals surface area (Å²) < 4.78 is 0. The number of allylic oxidation sites excluding steroid dienone is 1. The van der Waals surface area contributed by atoms with E-state index in [1.807, 2.05) is 0 Å². The molecule has 9 N–H and O–H groups in total. The van der Waals surface area contributed by atoms with Gasteiger partial charge in [0.15, 0.2) is 11.6 Å². The standard InChI is InChI=1S/C13H16N8S/c14-2-7(3-15)10-6-19-12(18)13(21-10)20-5-8-1-9(17)11(4-16)22-8/h1-4,6,14,16H,5,15,17H2,(H2,18,19)(H,20,21). The SMILES string of the molecule is N=CC(=CN)c1cnc(N)c(NCc2cc(N)c(C=N)s2)n1. The van der Waals surface area contributed by atoms with E-state index in [0.717, 1.165) is 11.1 Å². The zero-order chi connectivity index (χ0) is 16.1. The average Bonchev–Trinajstić information content (AvgIpc) is 2.88. The van der Waals surface area contributed by atoms with Gasteiger partial charge in [0.1, 0.15) is 0 Å². The summed E-state index contributed by atoms with van der Waals surface area (Å²) in [6.45, 7) is 0.456. The van der Waals surface area contributed by atoms with Crippen LogP contribution in [0.1, 0.15) is 15.4 Å². The van der Waals surface area contributed by atoms with Crippen molar-refractivity contribution in [1.29, 1.82) is 10.8 Å². The van der Waals surface area contributed by atoms with Gasteiger partial charge in [-0.3, -0.25) is 0 Å². The number of nitrogens with two attached hydrogens (primary N) is 3. The van der Waals surface area contributed by atoms with Crippen molar-refractivity contribution in [2.75, 3.05) is 16.8 Å². The molecule has 2 heterocycles. The zero-order valence-electron chi connectivity index (χ0n) is 11.6. The molecule has 2 aromatic heterocycles. The van der Waals surface area contributed by atoms with Gasteiger partial charge in [0.05, 0.1) is 29.0 Å². The fourth-order valence-electron chi connectivity index (χ4n) is 1.72. The molecule has 0 amide bonds.